The number of hydrogen-bond donors (Lipinski definition) is 0. The van der Waals surface area contributed by atoms with Gasteiger partial charge in [0.1, 0.15) is 11.9 Å². The fraction of sp³-hybridized carbons (Fsp3) is 0.500. The van der Waals surface area contributed by atoms with Gasteiger partial charge in [-0.2, -0.15) is 0 Å². The van der Waals surface area contributed by atoms with Crippen LogP contribution in [0.1, 0.15) is 24.6 Å². The van der Waals surface area contributed by atoms with Crippen LogP contribution in [0.2, 0.25) is 0 Å². The summed E-state index contributed by atoms with van der Waals surface area (Å²) in [4.78, 5) is 27.7. The van der Waals surface area contributed by atoms with Gasteiger partial charge in [-0.1, -0.05) is 12.1 Å². The largest absolute Gasteiger partial charge is 0.369 e. The van der Waals surface area contributed by atoms with E-state index in [4.69, 9.17) is 9.72 Å². The third-order valence-electron chi connectivity index (χ3n) is 5.61. The van der Waals surface area contributed by atoms with E-state index in [-0.39, 0.29) is 17.8 Å². The van der Waals surface area contributed by atoms with E-state index in [0.717, 1.165) is 37.2 Å². The number of amides is 1. The number of benzene rings is 1. The molecule has 0 saturated carbocycles. The second kappa shape index (κ2) is 9.06. The fourth-order valence-electron chi connectivity index (χ4n) is 3.99. The minimum absolute atomic E-state index is 0.176. The molecule has 0 bridgehead atoms. The van der Waals surface area contributed by atoms with Crippen molar-refractivity contribution in [2.75, 3.05) is 58.3 Å². The lowest BCUT2D eigenvalue weighted by Crippen LogP contribution is -2.45. The first-order valence-corrected chi connectivity index (χ1v) is 10.4. The van der Waals surface area contributed by atoms with Gasteiger partial charge in [-0.25, -0.2) is 14.4 Å². The molecule has 2 aliphatic rings. The molecule has 1 aromatic carbocycles. The number of morpholine rings is 1. The van der Waals surface area contributed by atoms with Crippen LogP contribution >= 0.6 is 0 Å². The maximum absolute atomic E-state index is 13.9. The Balaban J connectivity index is 1.59. The lowest BCUT2D eigenvalue weighted by molar-refractivity contribution is -0.133. The number of halogens is 1. The van der Waals surface area contributed by atoms with Gasteiger partial charge in [0.05, 0.1) is 18.8 Å². The lowest BCUT2D eigenvalue weighted by Gasteiger charge is -2.34. The van der Waals surface area contributed by atoms with Crippen LogP contribution < -0.4 is 4.90 Å². The summed E-state index contributed by atoms with van der Waals surface area (Å²) in [6.45, 7) is 3.88. The van der Waals surface area contributed by atoms with Crippen molar-refractivity contribution in [3.63, 3.8) is 0 Å². The van der Waals surface area contributed by atoms with E-state index < -0.39 is 0 Å². The van der Waals surface area contributed by atoms with E-state index in [0.29, 0.717) is 37.8 Å². The highest BCUT2D eigenvalue weighted by Gasteiger charge is 2.29. The SMILES string of the molecule is CN(C)c1ncc(-c2cccc(F)c2)c([C@@H]2CN(CC(=O)N3CCCC3)CCO2)n1. The normalized spacial score (nSPS) is 19.8. The fourth-order valence-corrected chi connectivity index (χ4v) is 3.99. The van der Waals surface area contributed by atoms with Gasteiger partial charge < -0.3 is 14.5 Å². The van der Waals surface area contributed by atoms with Crippen molar-refractivity contribution in [3.8, 4) is 11.1 Å². The number of carbonyl (C=O) groups excluding carboxylic acids is 1. The Bertz CT molecular complexity index is 901. The smallest absolute Gasteiger partial charge is 0.236 e. The molecule has 1 amide bonds. The second-order valence-electron chi connectivity index (χ2n) is 8.06. The quantitative estimate of drug-likeness (QED) is 0.750. The summed E-state index contributed by atoms with van der Waals surface area (Å²) in [6, 6.07) is 6.42. The van der Waals surface area contributed by atoms with Crippen LogP contribution in [0.4, 0.5) is 10.3 Å². The summed E-state index contributed by atoms with van der Waals surface area (Å²) in [6.07, 6.45) is 3.58. The van der Waals surface area contributed by atoms with E-state index in [2.05, 4.69) is 9.88 Å². The van der Waals surface area contributed by atoms with Crippen LogP contribution in [0.15, 0.2) is 30.5 Å². The summed E-state index contributed by atoms with van der Waals surface area (Å²) in [7, 11) is 3.76. The molecular formula is C22H28FN5O2. The summed E-state index contributed by atoms with van der Waals surface area (Å²) in [5, 5.41) is 0. The number of likely N-dealkylation sites (tertiary alicyclic amines) is 1. The van der Waals surface area contributed by atoms with Crippen LogP contribution in [0.3, 0.4) is 0 Å². The molecule has 160 valence electrons. The third-order valence-corrected chi connectivity index (χ3v) is 5.61. The Labute approximate surface area is 176 Å². The van der Waals surface area contributed by atoms with Gasteiger partial charge in [0, 0.05) is 52.0 Å². The maximum Gasteiger partial charge on any atom is 0.236 e. The second-order valence-corrected chi connectivity index (χ2v) is 8.06. The monoisotopic (exact) mass is 413 g/mol. The molecule has 0 radical (unpaired) electrons. The first-order valence-electron chi connectivity index (χ1n) is 10.4. The Hall–Kier alpha value is -2.58. The number of rotatable bonds is 5. The molecule has 2 saturated heterocycles. The van der Waals surface area contributed by atoms with Crippen LogP contribution in [-0.2, 0) is 9.53 Å². The zero-order valence-corrected chi connectivity index (χ0v) is 17.6. The molecule has 1 aromatic heterocycles. The summed E-state index contributed by atoms with van der Waals surface area (Å²) in [5.41, 5.74) is 2.18. The van der Waals surface area contributed by atoms with E-state index in [1.165, 1.54) is 12.1 Å². The highest BCUT2D eigenvalue weighted by Crippen LogP contribution is 2.32. The molecule has 2 aliphatic heterocycles. The van der Waals surface area contributed by atoms with Gasteiger partial charge in [-0.15, -0.1) is 0 Å². The molecule has 30 heavy (non-hydrogen) atoms. The van der Waals surface area contributed by atoms with Crippen LogP contribution in [0, 0.1) is 5.82 Å². The molecule has 8 heteroatoms. The predicted octanol–water partition coefficient (Wildman–Crippen LogP) is 2.34. The van der Waals surface area contributed by atoms with Crippen molar-refractivity contribution < 1.29 is 13.9 Å². The van der Waals surface area contributed by atoms with E-state index >= 15 is 0 Å². The Kier molecular flexibility index (Phi) is 6.24. The van der Waals surface area contributed by atoms with Crippen molar-refractivity contribution in [2.45, 2.75) is 18.9 Å². The summed E-state index contributed by atoms with van der Waals surface area (Å²) >= 11 is 0. The van der Waals surface area contributed by atoms with Gasteiger partial charge in [-0.05, 0) is 30.5 Å². The Morgan fingerprint density at radius 2 is 2.07 bits per heavy atom. The Morgan fingerprint density at radius 3 is 2.80 bits per heavy atom. The predicted molar refractivity (Wildman–Crippen MR) is 113 cm³/mol. The molecule has 1 atom stereocenters. The molecular weight excluding hydrogens is 385 g/mol. The molecule has 0 N–H and O–H groups in total. The van der Waals surface area contributed by atoms with Crippen molar-refractivity contribution in [1.82, 2.24) is 19.8 Å². The van der Waals surface area contributed by atoms with E-state index in [1.807, 2.05) is 30.0 Å². The van der Waals surface area contributed by atoms with E-state index in [9.17, 15) is 9.18 Å². The maximum atomic E-state index is 13.9. The van der Waals surface area contributed by atoms with Crippen molar-refractivity contribution in [3.05, 3.63) is 42.0 Å². The molecule has 7 nitrogen and oxygen atoms in total. The summed E-state index contributed by atoms with van der Waals surface area (Å²) in [5.74, 6) is 0.437. The van der Waals surface area contributed by atoms with Crippen molar-refractivity contribution in [2.24, 2.45) is 0 Å². The van der Waals surface area contributed by atoms with Gasteiger partial charge in [0.25, 0.3) is 0 Å². The first-order chi connectivity index (χ1) is 14.5. The van der Waals surface area contributed by atoms with E-state index in [1.54, 1.807) is 12.3 Å². The standard InChI is InChI=1S/C22H28FN5O2/c1-26(2)22-24-13-18(16-6-5-7-17(23)12-16)21(25-22)19-14-27(10-11-30-19)15-20(29)28-8-3-4-9-28/h5-7,12-13,19H,3-4,8-11,14-15H2,1-2H3/t19-/m0/s1. The zero-order chi connectivity index (χ0) is 21.1. The highest BCUT2D eigenvalue weighted by molar-refractivity contribution is 5.78. The van der Waals surface area contributed by atoms with Gasteiger partial charge in [-0.3, -0.25) is 9.69 Å². The Morgan fingerprint density at radius 1 is 1.27 bits per heavy atom. The number of carbonyl (C=O) groups is 1. The average Bonchev–Trinajstić information content (AvgIpc) is 3.28. The number of aromatic nitrogens is 2. The molecule has 0 aliphatic carbocycles. The molecule has 2 aromatic rings. The van der Waals surface area contributed by atoms with Crippen molar-refractivity contribution in [1.29, 1.82) is 0 Å². The zero-order valence-electron chi connectivity index (χ0n) is 17.6. The summed E-state index contributed by atoms with van der Waals surface area (Å²) < 4.78 is 19.9. The molecule has 0 spiro atoms. The molecule has 3 heterocycles. The number of anilines is 1. The number of ether oxygens (including phenoxy) is 1. The van der Waals surface area contributed by atoms with Gasteiger partial charge in [0.15, 0.2) is 0 Å². The van der Waals surface area contributed by atoms with Crippen LogP contribution in [-0.4, -0.2) is 79.1 Å². The molecule has 2 fully saturated rings. The average molecular weight is 413 g/mol. The minimum atomic E-state index is -0.315. The molecule has 0 unspecified atom stereocenters. The van der Waals surface area contributed by atoms with Gasteiger partial charge in [0.2, 0.25) is 11.9 Å². The van der Waals surface area contributed by atoms with Crippen LogP contribution in [0.25, 0.3) is 11.1 Å². The minimum Gasteiger partial charge on any atom is -0.369 e. The number of hydrogen-bond acceptors (Lipinski definition) is 6. The third kappa shape index (κ3) is 4.60. The van der Waals surface area contributed by atoms with Crippen LogP contribution in [0.5, 0.6) is 0 Å². The molecule has 4 rings (SSSR count). The van der Waals surface area contributed by atoms with Crippen molar-refractivity contribution >= 4 is 11.9 Å². The lowest BCUT2D eigenvalue weighted by atomic mass is 10.0. The highest BCUT2D eigenvalue weighted by atomic mass is 19.1. The number of nitrogens with zero attached hydrogens (tertiary/aromatic N) is 5. The van der Waals surface area contributed by atoms with Gasteiger partial charge >= 0.3 is 0 Å². The topological polar surface area (TPSA) is 61.8 Å². The first kappa shape index (κ1) is 20.7.